The number of hydrogen-bond donors (Lipinski definition) is 2. The van der Waals surface area contributed by atoms with Crippen molar-refractivity contribution in [2.24, 2.45) is 11.7 Å². The van der Waals surface area contributed by atoms with E-state index in [4.69, 9.17) is 14.9 Å². The van der Waals surface area contributed by atoms with Crippen molar-refractivity contribution in [3.63, 3.8) is 0 Å². The van der Waals surface area contributed by atoms with E-state index in [2.05, 4.69) is 5.32 Å². The highest BCUT2D eigenvalue weighted by Crippen LogP contribution is 2.15. The fourth-order valence-corrected chi connectivity index (χ4v) is 1.70. The lowest BCUT2D eigenvalue weighted by Gasteiger charge is -2.08. The molecular weight excluding hydrogens is 323 g/mol. The standard InChI is InChI=1S/C16H19FN2O3.ClH/c1-11(8-18)9-19-16(20)15-7-6-14(22-15)10-21-13-4-2-12(17)3-5-13;/h2-7,11H,8-10,18H2,1H3,(H,19,20);1H. The SMILES string of the molecule is CC(CN)CNC(=O)c1ccc(COc2ccc(F)cc2)o1.Cl. The lowest BCUT2D eigenvalue weighted by molar-refractivity contribution is 0.0916. The number of ether oxygens (including phenoxy) is 1. The molecule has 1 unspecified atom stereocenters. The van der Waals surface area contributed by atoms with Crippen molar-refractivity contribution in [2.45, 2.75) is 13.5 Å². The first kappa shape index (κ1) is 19.0. The van der Waals surface area contributed by atoms with Gasteiger partial charge < -0.3 is 20.2 Å². The lowest BCUT2D eigenvalue weighted by Crippen LogP contribution is -2.31. The van der Waals surface area contributed by atoms with Gasteiger partial charge in [0.25, 0.3) is 5.91 Å². The Morgan fingerprint density at radius 3 is 2.65 bits per heavy atom. The number of amides is 1. The van der Waals surface area contributed by atoms with Crippen molar-refractivity contribution in [3.05, 3.63) is 53.7 Å². The molecule has 0 bridgehead atoms. The molecule has 23 heavy (non-hydrogen) atoms. The van der Waals surface area contributed by atoms with Crippen LogP contribution in [0.5, 0.6) is 5.75 Å². The highest BCUT2D eigenvalue weighted by molar-refractivity contribution is 5.91. The first-order valence-electron chi connectivity index (χ1n) is 7.04. The highest BCUT2D eigenvalue weighted by Gasteiger charge is 2.12. The molecule has 0 aliphatic rings. The number of nitrogens with one attached hydrogen (secondary N) is 1. The minimum atomic E-state index is -0.323. The quantitative estimate of drug-likeness (QED) is 0.811. The van der Waals surface area contributed by atoms with E-state index in [9.17, 15) is 9.18 Å². The molecule has 2 rings (SSSR count). The van der Waals surface area contributed by atoms with Crippen molar-refractivity contribution in [1.82, 2.24) is 5.32 Å². The molecule has 1 aromatic carbocycles. The van der Waals surface area contributed by atoms with Crippen molar-refractivity contribution in [2.75, 3.05) is 13.1 Å². The van der Waals surface area contributed by atoms with E-state index in [-0.39, 0.29) is 42.4 Å². The Balaban J connectivity index is 0.00000264. The first-order chi connectivity index (χ1) is 10.6. The van der Waals surface area contributed by atoms with E-state index in [0.29, 0.717) is 24.6 Å². The summed E-state index contributed by atoms with van der Waals surface area (Å²) in [5.74, 6) is 0.869. The van der Waals surface area contributed by atoms with Gasteiger partial charge in [-0.3, -0.25) is 4.79 Å². The predicted octanol–water partition coefficient (Wildman–Crippen LogP) is 2.74. The molecule has 0 fully saturated rings. The summed E-state index contributed by atoms with van der Waals surface area (Å²) in [7, 11) is 0. The average molecular weight is 343 g/mol. The Labute approximate surface area is 140 Å². The van der Waals surface area contributed by atoms with Gasteiger partial charge in [-0.15, -0.1) is 12.4 Å². The molecule has 0 aliphatic heterocycles. The number of hydrogen-bond acceptors (Lipinski definition) is 4. The van der Waals surface area contributed by atoms with Crippen LogP contribution in [0.3, 0.4) is 0 Å². The Kier molecular flexibility index (Phi) is 7.57. The van der Waals surface area contributed by atoms with Crippen LogP contribution in [0.15, 0.2) is 40.8 Å². The summed E-state index contributed by atoms with van der Waals surface area (Å²) in [6.45, 7) is 3.12. The number of nitrogens with two attached hydrogens (primary N) is 1. The second-order valence-electron chi connectivity index (χ2n) is 5.06. The molecule has 1 atom stereocenters. The maximum atomic E-state index is 12.8. The van der Waals surface area contributed by atoms with Crippen LogP contribution in [0.1, 0.15) is 23.2 Å². The molecule has 1 amide bonds. The number of halogens is 2. The van der Waals surface area contributed by atoms with E-state index >= 15 is 0 Å². The number of benzene rings is 1. The first-order valence-corrected chi connectivity index (χ1v) is 7.04. The van der Waals surface area contributed by atoms with Gasteiger partial charge in [-0.2, -0.15) is 0 Å². The number of furan rings is 1. The van der Waals surface area contributed by atoms with E-state index in [0.717, 1.165) is 0 Å². The number of carbonyl (C=O) groups excluding carboxylic acids is 1. The second kappa shape index (κ2) is 9.17. The van der Waals surface area contributed by atoms with Crippen LogP contribution in [-0.4, -0.2) is 19.0 Å². The zero-order chi connectivity index (χ0) is 15.9. The van der Waals surface area contributed by atoms with Crippen LogP contribution >= 0.6 is 12.4 Å². The van der Waals surface area contributed by atoms with Crippen LogP contribution in [0, 0.1) is 11.7 Å². The molecule has 0 saturated heterocycles. The zero-order valence-corrected chi connectivity index (χ0v) is 13.6. The van der Waals surface area contributed by atoms with Crippen LogP contribution in [-0.2, 0) is 6.61 Å². The fraction of sp³-hybridized carbons (Fsp3) is 0.312. The highest BCUT2D eigenvalue weighted by atomic mass is 35.5. The maximum Gasteiger partial charge on any atom is 0.287 e. The summed E-state index contributed by atoms with van der Waals surface area (Å²) in [4.78, 5) is 11.9. The van der Waals surface area contributed by atoms with E-state index in [1.165, 1.54) is 24.3 Å². The summed E-state index contributed by atoms with van der Waals surface area (Å²) in [6, 6.07) is 8.95. The van der Waals surface area contributed by atoms with Crippen LogP contribution in [0.4, 0.5) is 4.39 Å². The molecule has 3 N–H and O–H groups in total. The van der Waals surface area contributed by atoms with Gasteiger partial charge in [0.15, 0.2) is 5.76 Å². The molecule has 1 heterocycles. The van der Waals surface area contributed by atoms with Gasteiger partial charge in [-0.05, 0) is 48.9 Å². The monoisotopic (exact) mass is 342 g/mol. The third-order valence-corrected chi connectivity index (χ3v) is 3.09. The van der Waals surface area contributed by atoms with Crippen LogP contribution < -0.4 is 15.8 Å². The van der Waals surface area contributed by atoms with Gasteiger partial charge in [0.05, 0.1) is 0 Å². The predicted molar refractivity (Wildman–Crippen MR) is 87.2 cm³/mol. The molecule has 1 aromatic heterocycles. The molecule has 0 spiro atoms. The van der Waals surface area contributed by atoms with Gasteiger partial charge in [-0.1, -0.05) is 6.92 Å². The molecule has 0 aliphatic carbocycles. The minimum absolute atomic E-state index is 0. The number of carbonyl (C=O) groups is 1. The maximum absolute atomic E-state index is 12.8. The third-order valence-electron chi connectivity index (χ3n) is 3.09. The second-order valence-corrected chi connectivity index (χ2v) is 5.06. The molecule has 7 heteroatoms. The molecule has 0 saturated carbocycles. The van der Waals surface area contributed by atoms with Gasteiger partial charge in [-0.25, -0.2) is 4.39 Å². The van der Waals surface area contributed by atoms with E-state index in [1.54, 1.807) is 12.1 Å². The minimum Gasteiger partial charge on any atom is -0.486 e. The van der Waals surface area contributed by atoms with Gasteiger partial charge in [0.1, 0.15) is 23.9 Å². The van der Waals surface area contributed by atoms with Gasteiger partial charge in [0.2, 0.25) is 0 Å². The van der Waals surface area contributed by atoms with Crippen molar-refractivity contribution < 1.29 is 18.3 Å². The topological polar surface area (TPSA) is 77.5 Å². The molecule has 2 aromatic rings. The molecular formula is C16H20ClFN2O3. The molecule has 5 nitrogen and oxygen atoms in total. The lowest BCUT2D eigenvalue weighted by atomic mass is 10.2. The summed E-state index contributed by atoms with van der Waals surface area (Å²) in [5.41, 5.74) is 5.49. The summed E-state index contributed by atoms with van der Waals surface area (Å²) < 4.78 is 23.6. The van der Waals surface area contributed by atoms with Gasteiger partial charge in [0, 0.05) is 6.54 Å². The Morgan fingerprint density at radius 1 is 1.30 bits per heavy atom. The normalized spacial score (nSPS) is 11.4. The third kappa shape index (κ3) is 5.92. The number of rotatable bonds is 7. The Hall–Kier alpha value is -2.05. The van der Waals surface area contributed by atoms with Gasteiger partial charge >= 0.3 is 0 Å². The average Bonchev–Trinajstić information content (AvgIpc) is 3.00. The van der Waals surface area contributed by atoms with Crippen molar-refractivity contribution in [1.29, 1.82) is 0 Å². The van der Waals surface area contributed by atoms with Crippen LogP contribution in [0.25, 0.3) is 0 Å². The smallest absolute Gasteiger partial charge is 0.287 e. The van der Waals surface area contributed by atoms with Crippen LogP contribution in [0.2, 0.25) is 0 Å². The summed E-state index contributed by atoms with van der Waals surface area (Å²) in [5, 5.41) is 2.75. The van der Waals surface area contributed by atoms with Crippen molar-refractivity contribution in [3.8, 4) is 5.75 Å². The Bertz CT molecular complexity index is 616. The zero-order valence-electron chi connectivity index (χ0n) is 12.8. The van der Waals surface area contributed by atoms with E-state index in [1.807, 2.05) is 6.92 Å². The summed E-state index contributed by atoms with van der Waals surface area (Å²) in [6.07, 6.45) is 0. The fourth-order valence-electron chi connectivity index (χ4n) is 1.70. The molecule has 126 valence electrons. The van der Waals surface area contributed by atoms with E-state index < -0.39 is 0 Å². The Morgan fingerprint density at radius 2 is 2.00 bits per heavy atom. The summed E-state index contributed by atoms with van der Waals surface area (Å²) >= 11 is 0. The molecule has 0 radical (unpaired) electrons. The largest absolute Gasteiger partial charge is 0.486 e. The van der Waals surface area contributed by atoms with Crippen molar-refractivity contribution >= 4 is 18.3 Å².